The number of methoxy groups -OCH3 is 6. The molecule has 0 aliphatic heterocycles. The van der Waals surface area contributed by atoms with Crippen molar-refractivity contribution in [3.05, 3.63) is 67.6 Å². The highest BCUT2D eigenvalue weighted by Crippen LogP contribution is 2.44. The number of carboxylic acids is 2. The molecule has 0 heterocycles. The quantitative estimate of drug-likeness (QED) is 0.0842. The van der Waals surface area contributed by atoms with Gasteiger partial charge in [0.15, 0.2) is 23.0 Å². The Balaban J connectivity index is 2.12. The molecule has 4 aromatic rings. The molecule has 0 amide bonds. The molecule has 16 heteroatoms. The highest BCUT2D eigenvalue weighted by Gasteiger charge is 2.29. The third-order valence-corrected chi connectivity index (χ3v) is 8.24. The number of hydrogen-bond acceptors (Lipinski definition) is 10. The topological polar surface area (TPSA) is 195 Å². The lowest BCUT2D eigenvalue weighted by Gasteiger charge is -2.18. The molecule has 0 fully saturated rings. The number of aromatic carboxylic acids is 2. The average molecular weight is 792 g/mol. The first-order valence-electron chi connectivity index (χ1n) is 13.5. The summed E-state index contributed by atoms with van der Waals surface area (Å²) in [6, 6.07) is 8.12. The number of nitrogens with zero attached hydrogens (tertiary/aromatic N) is 2. The maximum Gasteiger partial charge on any atom is 0.337 e. The molecule has 0 aromatic heterocycles. The van der Waals surface area contributed by atoms with Gasteiger partial charge in [0, 0.05) is 49.5 Å². The summed E-state index contributed by atoms with van der Waals surface area (Å²) in [5.41, 5.74) is -1.01. The number of halogens is 2. The molecule has 14 nitrogen and oxygen atoms in total. The Morgan fingerprint density at radius 2 is 0.896 bits per heavy atom. The van der Waals surface area contributed by atoms with Crippen molar-refractivity contribution < 1.29 is 58.4 Å². The van der Waals surface area contributed by atoms with Crippen molar-refractivity contribution in [3.8, 4) is 34.5 Å². The van der Waals surface area contributed by atoms with Crippen molar-refractivity contribution in [1.82, 2.24) is 0 Å². The van der Waals surface area contributed by atoms with Crippen molar-refractivity contribution in [1.29, 1.82) is 0 Å². The third kappa shape index (κ3) is 6.61. The second-order valence-corrected chi connectivity index (χ2v) is 11.3. The van der Waals surface area contributed by atoms with Gasteiger partial charge in [-0.2, -0.15) is 0 Å². The Labute approximate surface area is 290 Å². The molecule has 4 N–H and O–H groups in total. The molecule has 4 rings (SSSR count). The molecule has 48 heavy (non-hydrogen) atoms. The molecule has 0 bridgehead atoms. The summed E-state index contributed by atoms with van der Waals surface area (Å²) >= 11 is 6.52. The molecular weight excluding hydrogens is 764 g/mol. The number of aliphatic imine (C=N–C) groups is 2. The van der Waals surface area contributed by atoms with Crippen LogP contribution in [0.3, 0.4) is 0 Å². The van der Waals surface area contributed by atoms with E-state index in [1.807, 2.05) is 0 Å². The predicted molar refractivity (Wildman–Crippen MR) is 183 cm³/mol. The van der Waals surface area contributed by atoms with Gasteiger partial charge in [0.25, 0.3) is 0 Å². The molecule has 4 aromatic carbocycles. The first kappa shape index (κ1) is 35.6. The minimum Gasteiger partial charge on any atom is -0.493 e. The van der Waals surface area contributed by atoms with E-state index in [0.717, 1.165) is 6.07 Å². The molecule has 0 aliphatic rings. The van der Waals surface area contributed by atoms with Crippen LogP contribution in [0.2, 0.25) is 0 Å². The SMILES string of the molecule is COc1cc(N=C(O)c2cc(Br)c(C(O)=Nc3cc(OC)c(OC)c(OC)c3)c3c(C(=O)O)cc(Br)c(C(=O)O)c23)cc(OC)c1OC. The second kappa shape index (κ2) is 14.7. The molecule has 0 radical (unpaired) electrons. The van der Waals surface area contributed by atoms with Gasteiger partial charge in [-0.15, -0.1) is 0 Å². The Morgan fingerprint density at radius 3 is 1.27 bits per heavy atom. The predicted octanol–water partition coefficient (Wildman–Crippen LogP) is 7.09. The molecule has 0 aliphatic carbocycles. The van der Waals surface area contributed by atoms with E-state index in [2.05, 4.69) is 41.8 Å². The van der Waals surface area contributed by atoms with Gasteiger partial charge in [0.1, 0.15) is 0 Å². The van der Waals surface area contributed by atoms with Crippen LogP contribution in [0, 0.1) is 0 Å². The van der Waals surface area contributed by atoms with E-state index in [-0.39, 0.29) is 76.7 Å². The summed E-state index contributed by atoms with van der Waals surface area (Å²) in [5.74, 6) is -2.95. The van der Waals surface area contributed by atoms with Crippen LogP contribution < -0.4 is 28.4 Å². The van der Waals surface area contributed by atoms with Crippen molar-refractivity contribution >= 4 is 77.7 Å². The van der Waals surface area contributed by atoms with Gasteiger partial charge < -0.3 is 48.8 Å². The van der Waals surface area contributed by atoms with Gasteiger partial charge in [0.05, 0.1) is 70.7 Å². The molecule has 0 saturated carbocycles. The number of hydrogen-bond donors (Lipinski definition) is 4. The standard InChI is InChI=1S/C32H28Br2N2O12/c1-43-19-7-13(8-20(44-2)27(19)47-5)35-29(37)15-11-17(33)25(24-16(31(39)40)12-18(34)26(23(15)24)32(41)42)30(38)36-14-9-21(45-3)28(48-6)22(10-14)46-4/h7-12H,1-6H3,(H,35,37)(H,36,38)(H,39,40)(H,41,42). The number of ether oxygens (including phenoxy) is 6. The lowest BCUT2D eigenvalue weighted by molar-refractivity contribution is 0.0683. The summed E-state index contributed by atoms with van der Waals surface area (Å²) in [7, 11) is 8.40. The zero-order valence-electron chi connectivity index (χ0n) is 26.2. The summed E-state index contributed by atoms with van der Waals surface area (Å²) in [4.78, 5) is 33.8. The van der Waals surface area contributed by atoms with E-state index < -0.39 is 34.9 Å². The van der Waals surface area contributed by atoms with Crippen LogP contribution in [0.5, 0.6) is 34.5 Å². The summed E-state index contributed by atoms with van der Waals surface area (Å²) < 4.78 is 32.0. The highest BCUT2D eigenvalue weighted by atomic mass is 79.9. The first-order chi connectivity index (χ1) is 22.8. The molecule has 0 saturated heterocycles. The molecule has 252 valence electrons. The van der Waals surface area contributed by atoms with Gasteiger partial charge in [-0.1, -0.05) is 0 Å². The van der Waals surface area contributed by atoms with E-state index in [1.54, 1.807) is 0 Å². The van der Waals surface area contributed by atoms with E-state index in [0.29, 0.717) is 0 Å². The fourth-order valence-corrected chi connectivity index (χ4v) is 6.17. The van der Waals surface area contributed by atoms with Crippen molar-refractivity contribution in [2.45, 2.75) is 0 Å². The lowest BCUT2D eigenvalue weighted by Crippen LogP contribution is -2.13. The molecule has 0 atom stereocenters. The number of aliphatic hydroxyl groups excluding tert-OH is 2. The minimum absolute atomic E-state index is 0.0338. The fraction of sp³-hybridized carbons (Fsp3) is 0.188. The molecular formula is C32H28Br2N2O12. The summed E-state index contributed by atoms with van der Waals surface area (Å²) in [6.07, 6.45) is 0. The Bertz CT molecular complexity index is 1960. The number of carboxylic acid groups (broad SMARTS) is 2. The third-order valence-electron chi connectivity index (χ3n) is 6.99. The number of fused-ring (bicyclic) bond motifs is 1. The van der Waals surface area contributed by atoms with Crippen LogP contribution >= 0.6 is 31.9 Å². The second-order valence-electron chi connectivity index (χ2n) is 9.56. The average Bonchev–Trinajstić information content (AvgIpc) is 3.05. The zero-order valence-corrected chi connectivity index (χ0v) is 29.3. The number of carbonyl (C=O) groups is 2. The van der Waals surface area contributed by atoms with E-state index in [1.165, 1.54) is 73.0 Å². The normalized spacial score (nSPS) is 11.7. The Kier molecular flexibility index (Phi) is 10.9. The number of benzene rings is 4. The van der Waals surface area contributed by atoms with Crippen LogP contribution in [0.4, 0.5) is 11.4 Å². The van der Waals surface area contributed by atoms with Gasteiger partial charge in [0.2, 0.25) is 23.3 Å². The number of rotatable bonds is 12. The van der Waals surface area contributed by atoms with Gasteiger partial charge >= 0.3 is 11.9 Å². The van der Waals surface area contributed by atoms with Crippen molar-refractivity contribution in [2.24, 2.45) is 9.98 Å². The van der Waals surface area contributed by atoms with E-state index in [4.69, 9.17) is 28.4 Å². The van der Waals surface area contributed by atoms with E-state index in [9.17, 15) is 30.0 Å². The van der Waals surface area contributed by atoms with Crippen molar-refractivity contribution in [2.75, 3.05) is 42.7 Å². The summed E-state index contributed by atoms with van der Waals surface area (Å²) in [5, 5.41) is 42.9. The minimum atomic E-state index is -1.47. The maximum absolute atomic E-state index is 12.7. The van der Waals surface area contributed by atoms with Crippen LogP contribution in [-0.4, -0.2) is 86.8 Å². The first-order valence-corrected chi connectivity index (χ1v) is 15.0. The van der Waals surface area contributed by atoms with Crippen LogP contribution in [0.15, 0.2) is 55.3 Å². The van der Waals surface area contributed by atoms with Gasteiger partial charge in [-0.25, -0.2) is 19.6 Å². The summed E-state index contributed by atoms with van der Waals surface area (Å²) in [6.45, 7) is 0. The number of aliphatic hydroxyl groups is 2. The van der Waals surface area contributed by atoms with Crippen LogP contribution in [0.25, 0.3) is 10.8 Å². The van der Waals surface area contributed by atoms with Crippen LogP contribution in [0.1, 0.15) is 31.8 Å². The Hall–Kier alpha value is -5.22. The molecule has 0 spiro atoms. The fourth-order valence-electron chi connectivity index (χ4n) is 4.97. The van der Waals surface area contributed by atoms with Crippen molar-refractivity contribution in [3.63, 3.8) is 0 Å². The smallest absolute Gasteiger partial charge is 0.337 e. The van der Waals surface area contributed by atoms with E-state index >= 15 is 0 Å². The maximum atomic E-state index is 12.7. The monoisotopic (exact) mass is 790 g/mol. The largest absolute Gasteiger partial charge is 0.493 e. The highest BCUT2D eigenvalue weighted by molar-refractivity contribution is 9.10. The van der Waals surface area contributed by atoms with Gasteiger partial charge in [-0.3, -0.25) is 0 Å². The van der Waals surface area contributed by atoms with Crippen LogP contribution in [-0.2, 0) is 0 Å². The molecule has 0 unspecified atom stereocenters. The van der Waals surface area contributed by atoms with Gasteiger partial charge in [-0.05, 0) is 44.0 Å². The lowest BCUT2D eigenvalue weighted by atomic mass is 9.91. The Morgan fingerprint density at radius 1 is 0.521 bits per heavy atom. The zero-order chi connectivity index (χ0) is 35.4.